The highest BCUT2D eigenvalue weighted by Crippen LogP contribution is 2.23. The van der Waals surface area contributed by atoms with Crippen LogP contribution in [-0.4, -0.2) is 74.6 Å². The second kappa shape index (κ2) is 7.21. The van der Waals surface area contributed by atoms with Crippen LogP contribution in [-0.2, 0) is 7.05 Å². The fourth-order valence-corrected chi connectivity index (χ4v) is 4.74. The van der Waals surface area contributed by atoms with Gasteiger partial charge in [-0.3, -0.25) is 4.90 Å². The number of nitrogens with one attached hydrogen (secondary N) is 1. The standard InChI is InChI=1S/C17H24N6OS/c1-21-16-3-2-13(12-15(16)19-20-21)18-17(24)23-8-6-22(7-9-23)14-4-10-25-11-5-14/h2-3,12,14H,4-11H2,1H3,(H,18,24). The summed E-state index contributed by atoms with van der Waals surface area (Å²) in [5.74, 6) is 2.55. The van der Waals surface area contributed by atoms with Crippen LogP contribution in [0.25, 0.3) is 11.0 Å². The first-order chi connectivity index (χ1) is 12.2. The van der Waals surface area contributed by atoms with Gasteiger partial charge in [0, 0.05) is 45.0 Å². The molecule has 8 heteroatoms. The summed E-state index contributed by atoms with van der Waals surface area (Å²) in [7, 11) is 1.86. The first-order valence-corrected chi connectivity index (χ1v) is 10.0. The van der Waals surface area contributed by atoms with E-state index in [1.807, 2.05) is 30.1 Å². The number of amides is 2. The Hall–Kier alpha value is -1.80. The lowest BCUT2D eigenvalue weighted by Crippen LogP contribution is -2.53. The third-order valence-corrected chi connectivity index (χ3v) is 6.22. The van der Waals surface area contributed by atoms with Crippen LogP contribution in [0.5, 0.6) is 0 Å². The van der Waals surface area contributed by atoms with E-state index in [2.05, 4.69) is 32.3 Å². The lowest BCUT2D eigenvalue weighted by Gasteiger charge is -2.40. The van der Waals surface area contributed by atoms with E-state index in [9.17, 15) is 4.79 Å². The summed E-state index contributed by atoms with van der Waals surface area (Å²) in [5, 5.41) is 11.1. The number of hydrogen-bond acceptors (Lipinski definition) is 5. The third kappa shape index (κ3) is 3.59. The molecule has 2 aromatic rings. The van der Waals surface area contributed by atoms with Crippen LogP contribution in [0.1, 0.15) is 12.8 Å². The molecule has 0 radical (unpaired) electrons. The van der Waals surface area contributed by atoms with Gasteiger partial charge in [0.25, 0.3) is 0 Å². The summed E-state index contributed by atoms with van der Waals surface area (Å²) >= 11 is 2.06. The Kier molecular flexibility index (Phi) is 4.80. The van der Waals surface area contributed by atoms with Gasteiger partial charge < -0.3 is 10.2 Å². The lowest BCUT2D eigenvalue weighted by molar-refractivity contribution is 0.108. The zero-order chi connectivity index (χ0) is 17.2. The maximum Gasteiger partial charge on any atom is 0.321 e. The molecule has 25 heavy (non-hydrogen) atoms. The van der Waals surface area contributed by atoms with E-state index in [0.29, 0.717) is 6.04 Å². The minimum Gasteiger partial charge on any atom is -0.322 e. The van der Waals surface area contributed by atoms with Crippen molar-refractivity contribution in [1.29, 1.82) is 0 Å². The first kappa shape index (κ1) is 16.7. The number of thioether (sulfide) groups is 1. The Bertz CT molecular complexity index is 749. The number of carbonyl (C=O) groups is 1. The summed E-state index contributed by atoms with van der Waals surface area (Å²) in [6.07, 6.45) is 2.57. The van der Waals surface area contributed by atoms with Gasteiger partial charge in [-0.15, -0.1) is 5.10 Å². The van der Waals surface area contributed by atoms with Crippen LogP contribution in [0, 0.1) is 0 Å². The highest BCUT2D eigenvalue weighted by atomic mass is 32.2. The molecule has 0 atom stereocenters. The van der Waals surface area contributed by atoms with Crippen LogP contribution < -0.4 is 5.32 Å². The zero-order valence-corrected chi connectivity index (χ0v) is 15.3. The predicted molar refractivity (Wildman–Crippen MR) is 101 cm³/mol. The Labute approximate surface area is 151 Å². The van der Waals surface area contributed by atoms with E-state index in [4.69, 9.17) is 0 Å². The van der Waals surface area contributed by atoms with E-state index >= 15 is 0 Å². The second-order valence-electron chi connectivity index (χ2n) is 6.71. The van der Waals surface area contributed by atoms with Crippen molar-refractivity contribution in [3.05, 3.63) is 18.2 Å². The average Bonchev–Trinajstić information content (AvgIpc) is 3.03. The number of urea groups is 1. The number of hydrogen-bond donors (Lipinski definition) is 1. The van der Waals surface area contributed by atoms with E-state index in [1.165, 1.54) is 24.3 Å². The van der Waals surface area contributed by atoms with Crippen molar-refractivity contribution in [2.45, 2.75) is 18.9 Å². The zero-order valence-electron chi connectivity index (χ0n) is 14.5. The normalized spacial score (nSPS) is 20.1. The molecule has 1 aromatic carbocycles. The first-order valence-electron chi connectivity index (χ1n) is 8.88. The molecule has 2 saturated heterocycles. The van der Waals surface area contributed by atoms with Crippen molar-refractivity contribution >= 4 is 34.5 Å². The Balaban J connectivity index is 1.33. The monoisotopic (exact) mass is 360 g/mol. The third-order valence-electron chi connectivity index (χ3n) is 5.17. The van der Waals surface area contributed by atoms with Crippen molar-refractivity contribution in [3.8, 4) is 0 Å². The van der Waals surface area contributed by atoms with Crippen LogP contribution in [0.15, 0.2) is 18.2 Å². The molecule has 2 aliphatic heterocycles. The van der Waals surface area contributed by atoms with E-state index in [-0.39, 0.29) is 6.03 Å². The summed E-state index contributed by atoms with van der Waals surface area (Å²) in [4.78, 5) is 17.0. The predicted octanol–water partition coefficient (Wildman–Crippen LogP) is 2.01. The second-order valence-corrected chi connectivity index (χ2v) is 7.94. The molecule has 1 N–H and O–H groups in total. The molecule has 2 fully saturated rings. The van der Waals surface area contributed by atoms with E-state index in [0.717, 1.165) is 42.9 Å². The van der Waals surface area contributed by atoms with Gasteiger partial charge in [0.15, 0.2) is 0 Å². The van der Waals surface area contributed by atoms with Crippen LogP contribution in [0.4, 0.5) is 10.5 Å². The number of benzene rings is 1. The number of rotatable bonds is 2. The number of carbonyl (C=O) groups excluding carboxylic acids is 1. The average molecular weight is 360 g/mol. The molecule has 0 spiro atoms. The maximum atomic E-state index is 12.5. The Morgan fingerprint density at radius 2 is 1.96 bits per heavy atom. The minimum atomic E-state index is -0.0258. The molecule has 2 amide bonds. The molecule has 0 aliphatic carbocycles. The molecule has 2 aliphatic rings. The molecule has 0 saturated carbocycles. The number of anilines is 1. The number of piperazine rings is 1. The summed E-state index contributed by atoms with van der Waals surface area (Å²) in [6, 6.07) is 6.40. The highest BCUT2D eigenvalue weighted by Gasteiger charge is 2.27. The van der Waals surface area contributed by atoms with E-state index < -0.39 is 0 Å². The van der Waals surface area contributed by atoms with Gasteiger partial charge in [-0.05, 0) is 42.5 Å². The van der Waals surface area contributed by atoms with Gasteiger partial charge in [-0.25, -0.2) is 9.48 Å². The van der Waals surface area contributed by atoms with Gasteiger partial charge in [-0.1, -0.05) is 5.21 Å². The number of nitrogens with zero attached hydrogens (tertiary/aromatic N) is 5. The van der Waals surface area contributed by atoms with Gasteiger partial charge in [0.1, 0.15) is 5.52 Å². The minimum absolute atomic E-state index is 0.0258. The van der Waals surface area contributed by atoms with Crippen molar-refractivity contribution < 1.29 is 4.79 Å². The number of aromatic nitrogens is 3. The van der Waals surface area contributed by atoms with Crippen LogP contribution in [0.2, 0.25) is 0 Å². The van der Waals surface area contributed by atoms with Crippen LogP contribution >= 0.6 is 11.8 Å². The molecule has 1 aromatic heterocycles. The van der Waals surface area contributed by atoms with Crippen LogP contribution in [0.3, 0.4) is 0 Å². The Morgan fingerprint density at radius 3 is 2.72 bits per heavy atom. The summed E-state index contributed by atoms with van der Waals surface area (Å²) in [6.45, 7) is 3.55. The van der Waals surface area contributed by atoms with Gasteiger partial charge in [0.2, 0.25) is 0 Å². The number of aryl methyl sites for hydroxylation is 1. The van der Waals surface area contributed by atoms with Crippen molar-refractivity contribution in [1.82, 2.24) is 24.8 Å². The SMILES string of the molecule is Cn1nnc2cc(NC(=O)N3CCN(C4CCSCC4)CC3)ccc21. The van der Waals surface area contributed by atoms with Gasteiger partial charge >= 0.3 is 6.03 Å². The molecule has 4 rings (SSSR count). The molecule has 0 unspecified atom stereocenters. The van der Waals surface area contributed by atoms with Crippen molar-refractivity contribution in [2.75, 3.05) is 43.0 Å². The molecule has 0 bridgehead atoms. The van der Waals surface area contributed by atoms with E-state index in [1.54, 1.807) is 4.68 Å². The molecular formula is C17H24N6OS. The summed E-state index contributed by atoms with van der Waals surface area (Å²) < 4.78 is 1.73. The topological polar surface area (TPSA) is 66.3 Å². The molecular weight excluding hydrogens is 336 g/mol. The Morgan fingerprint density at radius 1 is 1.20 bits per heavy atom. The molecule has 7 nitrogen and oxygen atoms in total. The van der Waals surface area contributed by atoms with Crippen molar-refractivity contribution in [2.24, 2.45) is 7.05 Å². The summed E-state index contributed by atoms with van der Waals surface area (Å²) in [5.41, 5.74) is 2.52. The van der Waals surface area contributed by atoms with Gasteiger partial charge in [-0.2, -0.15) is 11.8 Å². The fourth-order valence-electron chi connectivity index (χ4n) is 3.66. The molecule has 3 heterocycles. The fraction of sp³-hybridized carbons (Fsp3) is 0.588. The van der Waals surface area contributed by atoms with Crippen molar-refractivity contribution in [3.63, 3.8) is 0 Å². The smallest absolute Gasteiger partial charge is 0.321 e. The number of fused-ring (bicyclic) bond motifs is 1. The molecule has 134 valence electrons. The lowest BCUT2D eigenvalue weighted by atomic mass is 10.1. The quantitative estimate of drug-likeness (QED) is 0.887. The van der Waals surface area contributed by atoms with Gasteiger partial charge in [0.05, 0.1) is 5.52 Å². The highest BCUT2D eigenvalue weighted by molar-refractivity contribution is 7.99. The largest absolute Gasteiger partial charge is 0.322 e. The maximum absolute atomic E-state index is 12.5.